The van der Waals surface area contributed by atoms with Crippen LogP contribution in [0.15, 0.2) is 12.3 Å². The average Bonchev–Trinajstić information content (AvgIpc) is 2.41. The molecule has 1 aromatic rings. The highest BCUT2D eigenvalue weighted by Crippen LogP contribution is 2.17. The van der Waals surface area contributed by atoms with Crippen molar-refractivity contribution in [3.63, 3.8) is 0 Å². The summed E-state index contributed by atoms with van der Waals surface area (Å²) < 4.78 is 1.84. The highest BCUT2D eigenvalue weighted by Gasteiger charge is 2.03. The Balaban J connectivity index is 2.87. The second kappa shape index (κ2) is 4.47. The standard InChI is InChI=1S/C10H15ClN2/c1-8(5-4-6-11)10-7-13(3)12-9(10)2/h5,7H,4,6H2,1-3H3/b8-5+. The number of halogens is 1. The van der Waals surface area contributed by atoms with Gasteiger partial charge in [-0.2, -0.15) is 5.10 Å². The van der Waals surface area contributed by atoms with E-state index in [1.165, 1.54) is 11.1 Å². The molecule has 2 nitrogen and oxygen atoms in total. The molecule has 1 rings (SSSR count). The van der Waals surface area contributed by atoms with E-state index in [2.05, 4.69) is 18.1 Å². The number of hydrogen-bond acceptors (Lipinski definition) is 1. The second-order valence-corrected chi connectivity index (χ2v) is 3.54. The molecule has 0 saturated carbocycles. The van der Waals surface area contributed by atoms with Crippen LogP contribution >= 0.6 is 11.6 Å². The maximum Gasteiger partial charge on any atom is 0.0668 e. The van der Waals surface area contributed by atoms with Crippen molar-refractivity contribution < 1.29 is 0 Å². The normalized spacial score (nSPS) is 12.2. The second-order valence-electron chi connectivity index (χ2n) is 3.17. The van der Waals surface area contributed by atoms with Crippen LogP contribution in [0.5, 0.6) is 0 Å². The number of alkyl halides is 1. The van der Waals surface area contributed by atoms with Crippen molar-refractivity contribution in [1.82, 2.24) is 9.78 Å². The summed E-state index contributed by atoms with van der Waals surface area (Å²) in [7, 11) is 1.94. The minimum Gasteiger partial charge on any atom is -0.275 e. The maximum absolute atomic E-state index is 5.61. The molecular weight excluding hydrogens is 184 g/mol. The maximum atomic E-state index is 5.61. The van der Waals surface area contributed by atoms with Gasteiger partial charge < -0.3 is 0 Å². The monoisotopic (exact) mass is 198 g/mol. The van der Waals surface area contributed by atoms with E-state index >= 15 is 0 Å². The van der Waals surface area contributed by atoms with Gasteiger partial charge in [0.1, 0.15) is 0 Å². The molecule has 0 saturated heterocycles. The molecule has 0 unspecified atom stereocenters. The van der Waals surface area contributed by atoms with E-state index < -0.39 is 0 Å². The summed E-state index contributed by atoms with van der Waals surface area (Å²) in [5.74, 6) is 0.677. The van der Waals surface area contributed by atoms with E-state index in [0.29, 0.717) is 5.88 Å². The summed E-state index contributed by atoms with van der Waals surface area (Å²) in [5, 5.41) is 4.28. The SMILES string of the molecule is C/C(=C\CCCl)c1cn(C)nc1C. The zero-order valence-corrected chi connectivity index (χ0v) is 9.10. The molecule has 0 aliphatic carbocycles. The van der Waals surface area contributed by atoms with Crippen LogP contribution in [0.25, 0.3) is 5.57 Å². The van der Waals surface area contributed by atoms with E-state index in [-0.39, 0.29) is 0 Å². The summed E-state index contributed by atoms with van der Waals surface area (Å²) in [6, 6.07) is 0. The van der Waals surface area contributed by atoms with E-state index in [0.717, 1.165) is 12.1 Å². The third-order valence-electron chi connectivity index (χ3n) is 2.00. The van der Waals surface area contributed by atoms with Gasteiger partial charge in [-0.1, -0.05) is 6.08 Å². The summed E-state index contributed by atoms with van der Waals surface area (Å²) in [4.78, 5) is 0. The molecule has 0 spiro atoms. The predicted molar refractivity (Wildman–Crippen MR) is 56.9 cm³/mol. The van der Waals surface area contributed by atoms with Gasteiger partial charge in [0.2, 0.25) is 0 Å². The third-order valence-corrected chi connectivity index (χ3v) is 2.22. The Hall–Kier alpha value is -0.760. The van der Waals surface area contributed by atoms with E-state index in [9.17, 15) is 0 Å². The van der Waals surface area contributed by atoms with Crippen molar-refractivity contribution in [2.75, 3.05) is 5.88 Å². The first-order valence-electron chi connectivity index (χ1n) is 4.38. The van der Waals surface area contributed by atoms with Gasteiger partial charge in [0.15, 0.2) is 0 Å². The molecule has 3 heteroatoms. The Morgan fingerprint density at radius 1 is 1.69 bits per heavy atom. The van der Waals surface area contributed by atoms with Crippen LogP contribution in [0.3, 0.4) is 0 Å². The molecule has 0 bridgehead atoms. The lowest BCUT2D eigenvalue weighted by atomic mass is 10.1. The molecular formula is C10H15ClN2. The number of aromatic nitrogens is 2. The minimum absolute atomic E-state index is 0.677. The number of allylic oxidation sites excluding steroid dienone is 2. The van der Waals surface area contributed by atoms with Crippen LogP contribution in [0, 0.1) is 6.92 Å². The van der Waals surface area contributed by atoms with Gasteiger partial charge >= 0.3 is 0 Å². The topological polar surface area (TPSA) is 17.8 Å². The first-order valence-corrected chi connectivity index (χ1v) is 4.92. The van der Waals surface area contributed by atoms with Crippen LogP contribution in [0.4, 0.5) is 0 Å². The average molecular weight is 199 g/mol. The third kappa shape index (κ3) is 2.59. The molecule has 0 atom stereocenters. The van der Waals surface area contributed by atoms with Crippen LogP contribution in [0.2, 0.25) is 0 Å². The minimum atomic E-state index is 0.677. The predicted octanol–water partition coefficient (Wildman–Crippen LogP) is 2.76. The van der Waals surface area contributed by atoms with Crippen LogP contribution in [-0.2, 0) is 7.05 Å². The molecule has 0 radical (unpaired) electrons. The molecule has 0 N–H and O–H groups in total. The van der Waals surface area contributed by atoms with E-state index in [1.807, 2.05) is 24.9 Å². The highest BCUT2D eigenvalue weighted by molar-refractivity contribution is 6.17. The van der Waals surface area contributed by atoms with E-state index in [1.54, 1.807) is 0 Å². The number of rotatable bonds is 3. The van der Waals surface area contributed by atoms with Gasteiger partial charge in [-0.05, 0) is 25.8 Å². The lowest BCUT2D eigenvalue weighted by molar-refractivity contribution is 0.756. The number of nitrogens with zero attached hydrogens (tertiary/aromatic N) is 2. The van der Waals surface area contributed by atoms with Crippen LogP contribution in [0.1, 0.15) is 24.6 Å². The van der Waals surface area contributed by atoms with Crippen molar-refractivity contribution in [1.29, 1.82) is 0 Å². The van der Waals surface area contributed by atoms with Gasteiger partial charge in [0.25, 0.3) is 0 Å². The Bertz CT molecular complexity index is 313. The van der Waals surface area contributed by atoms with Crippen molar-refractivity contribution in [3.05, 3.63) is 23.5 Å². The van der Waals surface area contributed by atoms with Crippen molar-refractivity contribution in [2.45, 2.75) is 20.3 Å². The fraction of sp³-hybridized carbons (Fsp3) is 0.500. The lowest BCUT2D eigenvalue weighted by Gasteiger charge is -1.97. The largest absolute Gasteiger partial charge is 0.275 e. The quantitative estimate of drug-likeness (QED) is 0.683. The van der Waals surface area contributed by atoms with Crippen LogP contribution in [-0.4, -0.2) is 15.7 Å². The lowest BCUT2D eigenvalue weighted by Crippen LogP contribution is -1.86. The Labute approximate surface area is 84.2 Å². The number of aryl methyl sites for hydroxylation is 2. The van der Waals surface area contributed by atoms with Gasteiger partial charge in [-0.15, -0.1) is 11.6 Å². The van der Waals surface area contributed by atoms with Crippen LogP contribution < -0.4 is 0 Å². The Morgan fingerprint density at radius 2 is 2.38 bits per heavy atom. The molecule has 72 valence electrons. The fourth-order valence-electron chi connectivity index (χ4n) is 1.37. The first-order chi connectivity index (χ1) is 6.15. The highest BCUT2D eigenvalue weighted by atomic mass is 35.5. The molecule has 13 heavy (non-hydrogen) atoms. The molecule has 0 amide bonds. The number of hydrogen-bond donors (Lipinski definition) is 0. The summed E-state index contributed by atoms with van der Waals surface area (Å²) in [6.45, 7) is 4.12. The summed E-state index contributed by atoms with van der Waals surface area (Å²) in [5.41, 5.74) is 3.55. The van der Waals surface area contributed by atoms with Gasteiger partial charge in [-0.3, -0.25) is 4.68 Å². The summed E-state index contributed by atoms with van der Waals surface area (Å²) in [6.07, 6.45) is 5.11. The molecule has 0 aromatic carbocycles. The molecule has 0 aliphatic rings. The molecule has 1 heterocycles. The first kappa shape index (κ1) is 10.3. The zero-order valence-electron chi connectivity index (χ0n) is 8.34. The molecule has 0 aliphatic heterocycles. The van der Waals surface area contributed by atoms with E-state index in [4.69, 9.17) is 11.6 Å². The smallest absolute Gasteiger partial charge is 0.0668 e. The molecule has 0 fully saturated rings. The van der Waals surface area contributed by atoms with Crippen molar-refractivity contribution in [2.24, 2.45) is 7.05 Å². The molecule has 1 aromatic heterocycles. The van der Waals surface area contributed by atoms with Crippen molar-refractivity contribution in [3.8, 4) is 0 Å². The van der Waals surface area contributed by atoms with Gasteiger partial charge in [0, 0.05) is 24.7 Å². The summed E-state index contributed by atoms with van der Waals surface area (Å²) >= 11 is 5.61. The Morgan fingerprint density at radius 3 is 2.85 bits per heavy atom. The Kier molecular flexibility index (Phi) is 3.55. The fourth-order valence-corrected chi connectivity index (χ4v) is 1.48. The zero-order chi connectivity index (χ0) is 9.84. The van der Waals surface area contributed by atoms with Gasteiger partial charge in [0.05, 0.1) is 5.69 Å². The van der Waals surface area contributed by atoms with Crippen molar-refractivity contribution >= 4 is 17.2 Å². The van der Waals surface area contributed by atoms with Gasteiger partial charge in [-0.25, -0.2) is 0 Å².